The van der Waals surface area contributed by atoms with Gasteiger partial charge in [0.05, 0.1) is 6.20 Å². The average molecular weight is 279 g/mol. The topological polar surface area (TPSA) is 91.6 Å². The molecule has 1 saturated heterocycles. The molecule has 1 saturated carbocycles. The van der Waals surface area contributed by atoms with E-state index in [1.807, 2.05) is 0 Å². The van der Waals surface area contributed by atoms with Crippen LogP contribution >= 0.6 is 0 Å². The Bertz CT molecular complexity index is 517. The second-order valence-electron chi connectivity index (χ2n) is 5.25. The van der Waals surface area contributed by atoms with E-state index < -0.39 is 5.97 Å². The van der Waals surface area contributed by atoms with Crippen molar-refractivity contribution in [1.29, 1.82) is 0 Å². The van der Waals surface area contributed by atoms with E-state index in [4.69, 9.17) is 5.11 Å². The van der Waals surface area contributed by atoms with E-state index in [2.05, 4.69) is 15.2 Å². The van der Waals surface area contributed by atoms with Gasteiger partial charge in [-0.2, -0.15) is 0 Å². The number of hydrogen-bond donors (Lipinski definition) is 1. The van der Waals surface area contributed by atoms with E-state index in [0.29, 0.717) is 0 Å². The summed E-state index contributed by atoms with van der Waals surface area (Å²) in [5, 5.41) is 15.9. The van der Waals surface area contributed by atoms with Gasteiger partial charge in [0, 0.05) is 32.2 Å². The van der Waals surface area contributed by atoms with Gasteiger partial charge in [0.1, 0.15) is 6.54 Å². The molecule has 1 aliphatic carbocycles. The molecule has 20 heavy (non-hydrogen) atoms. The summed E-state index contributed by atoms with van der Waals surface area (Å²) in [7, 11) is 0. The van der Waals surface area contributed by atoms with E-state index in [1.165, 1.54) is 23.7 Å². The number of aromatic nitrogens is 3. The summed E-state index contributed by atoms with van der Waals surface area (Å²) in [6.45, 7) is 3.36. The van der Waals surface area contributed by atoms with Crippen LogP contribution in [0.1, 0.15) is 23.3 Å². The number of rotatable bonds is 4. The molecule has 0 radical (unpaired) electrons. The monoisotopic (exact) mass is 279 g/mol. The molecule has 1 aromatic rings. The molecule has 0 spiro atoms. The zero-order valence-electron chi connectivity index (χ0n) is 11.1. The Morgan fingerprint density at radius 2 is 1.95 bits per heavy atom. The number of hydrogen-bond acceptors (Lipinski definition) is 5. The Kier molecular flexibility index (Phi) is 3.39. The summed E-state index contributed by atoms with van der Waals surface area (Å²) in [6, 6.07) is 0.737. The fraction of sp³-hybridized carbons (Fsp3) is 0.667. The molecule has 8 nitrogen and oxygen atoms in total. The Labute approximate surface area is 116 Å². The van der Waals surface area contributed by atoms with Crippen LogP contribution in [0, 0.1) is 0 Å². The van der Waals surface area contributed by atoms with Gasteiger partial charge in [-0.1, -0.05) is 5.21 Å². The molecule has 2 fully saturated rings. The molecule has 8 heteroatoms. The minimum atomic E-state index is -1.14. The summed E-state index contributed by atoms with van der Waals surface area (Å²) in [6.07, 6.45) is 3.84. The second-order valence-corrected chi connectivity index (χ2v) is 5.25. The van der Waals surface area contributed by atoms with E-state index in [0.717, 1.165) is 32.2 Å². The largest absolute Gasteiger partial charge is 0.476 e. The molecule has 2 aliphatic rings. The highest BCUT2D eigenvalue weighted by molar-refractivity contribution is 5.84. The van der Waals surface area contributed by atoms with E-state index in [1.54, 1.807) is 4.90 Å². The summed E-state index contributed by atoms with van der Waals surface area (Å²) >= 11 is 0. The molecular formula is C12H17N5O3. The molecule has 3 rings (SSSR count). The third kappa shape index (κ3) is 2.79. The van der Waals surface area contributed by atoms with Gasteiger partial charge in [0.25, 0.3) is 0 Å². The van der Waals surface area contributed by atoms with Crippen LogP contribution in [0.15, 0.2) is 6.20 Å². The van der Waals surface area contributed by atoms with Gasteiger partial charge in [-0.05, 0) is 12.8 Å². The molecular weight excluding hydrogens is 262 g/mol. The van der Waals surface area contributed by atoms with Gasteiger partial charge >= 0.3 is 5.97 Å². The van der Waals surface area contributed by atoms with Crippen LogP contribution in [0.3, 0.4) is 0 Å². The van der Waals surface area contributed by atoms with E-state index in [9.17, 15) is 9.59 Å². The molecule has 108 valence electrons. The standard InChI is InChI=1S/C12H17N5O3/c18-11(8-17-7-10(12(19)20)13-14-17)16-5-3-15(4-6-16)9-1-2-9/h7,9H,1-6,8H2,(H,19,20). The molecule has 0 atom stereocenters. The third-order valence-corrected chi connectivity index (χ3v) is 3.79. The Morgan fingerprint density at radius 3 is 2.50 bits per heavy atom. The SMILES string of the molecule is O=C(O)c1cn(CC(=O)N2CCN(C3CC3)CC2)nn1. The summed E-state index contributed by atoms with van der Waals surface area (Å²) < 4.78 is 1.28. The first-order chi connectivity index (χ1) is 9.63. The summed E-state index contributed by atoms with van der Waals surface area (Å²) in [5.41, 5.74) is -0.142. The molecule has 1 N–H and O–H groups in total. The molecule has 0 unspecified atom stereocenters. The van der Waals surface area contributed by atoms with Crippen LogP contribution in [0.25, 0.3) is 0 Å². The number of piperazine rings is 1. The Hall–Kier alpha value is -1.96. The average Bonchev–Trinajstić information content (AvgIpc) is 3.19. The lowest BCUT2D eigenvalue weighted by atomic mass is 10.3. The quantitative estimate of drug-likeness (QED) is 0.782. The highest BCUT2D eigenvalue weighted by Gasteiger charge is 2.32. The Morgan fingerprint density at radius 1 is 1.25 bits per heavy atom. The number of carbonyl (C=O) groups is 2. The second kappa shape index (κ2) is 5.20. The van der Waals surface area contributed by atoms with Crippen LogP contribution in [-0.4, -0.2) is 74.0 Å². The minimum absolute atomic E-state index is 0.0396. The van der Waals surface area contributed by atoms with Crippen molar-refractivity contribution in [2.75, 3.05) is 26.2 Å². The van der Waals surface area contributed by atoms with Gasteiger partial charge in [-0.25, -0.2) is 9.48 Å². The van der Waals surface area contributed by atoms with Gasteiger partial charge in [-0.15, -0.1) is 5.10 Å². The molecule has 1 aromatic heterocycles. The van der Waals surface area contributed by atoms with Crippen LogP contribution in [0.4, 0.5) is 0 Å². The maximum atomic E-state index is 12.1. The first kappa shape index (κ1) is 13.0. The summed E-state index contributed by atoms with van der Waals surface area (Å²) in [5.74, 6) is -1.18. The number of carboxylic acids is 1. The molecule has 1 aliphatic heterocycles. The zero-order chi connectivity index (χ0) is 14.1. The normalized spacial score (nSPS) is 20.1. The fourth-order valence-corrected chi connectivity index (χ4v) is 2.49. The van der Waals surface area contributed by atoms with Gasteiger partial charge in [0.2, 0.25) is 5.91 Å². The predicted molar refractivity (Wildman–Crippen MR) is 68.2 cm³/mol. The van der Waals surface area contributed by atoms with E-state index >= 15 is 0 Å². The number of aromatic carboxylic acids is 1. The molecule has 2 heterocycles. The predicted octanol–water partition coefficient (Wildman–Crippen LogP) is -0.717. The van der Waals surface area contributed by atoms with Crippen molar-refractivity contribution < 1.29 is 14.7 Å². The zero-order valence-corrected chi connectivity index (χ0v) is 11.1. The lowest BCUT2D eigenvalue weighted by molar-refractivity contribution is -0.133. The third-order valence-electron chi connectivity index (χ3n) is 3.79. The maximum Gasteiger partial charge on any atom is 0.358 e. The van der Waals surface area contributed by atoms with Gasteiger partial charge < -0.3 is 10.0 Å². The van der Waals surface area contributed by atoms with Crippen molar-refractivity contribution in [3.05, 3.63) is 11.9 Å². The highest BCUT2D eigenvalue weighted by Crippen LogP contribution is 2.27. The van der Waals surface area contributed by atoms with Crippen molar-refractivity contribution in [1.82, 2.24) is 24.8 Å². The van der Waals surface area contributed by atoms with Crippen LogP contribution < -0.4 is 0 Å². The van der Waals surface area contributed by atoms with Crippen molar-refractivity contribution >= 4 is 11.9 Å². The van der Waals surface area contributed by atoms with Crippen LogP contribution in [-0.2, 0) is 11.3 Å². The maximum absolute atomic E-state index is 12.1. The van der Waals surface area contributed by atoms with Crippen molar-refractivity contribution in [2.24, 2.45) is 0 Å². The number of nitrogens with zero attached hydrogens (tertiary/aromatic N) is 5. The number of carbonyl (C=O) groups excluding carboxylic acids is 1. The molecule has 0 aromatic carbocycles. The Balaban J connectivity index is 1.52. The minimum Gasteiger partial charge on any atom is -0.476 e. The van der Waals surface area contributed by atoms with Crippen LogP contribution in [0.5, 0.6) is 0 Å². The lowest BCUT2D eigenvalue weighted by Gasteiger charge is -2.34. The molecule has 0 bridgehead atoms. The van der Waals surface area contributed by atoms with Crippen LogP contribution in [0.2, 0.25) is 0 Å². The first-order valence-corrected chi connectivity index (χ1v) is 6.79. The first-order valence-electron chi connectivity index (χ1n) is 6.79. The number of amides is 1. The van der Waals surface area contributed by atoms with E-state index in [-0.39, 0.29) is 18.1 Å². The fourth-order valence-electron chi connectivity index (χ4n) is 2.49. The summed E-state index contributed by atoms with van der Waals surface area (Å²) in [4.78, 5) is 27.0. The smallest absolute Gasteiger partial charge is 0.358 e. The van der Waals surface area contributed by atoms with Crippen molar-refractivity contribution in [3.8, 4) is 0 Å². The van der Waals surface area contributed by atoms with Crippen molar-refractivity contribution in [3.63, 3.8) is 0 Å². The highest BCUT2D eigenvalue weighted by atomic mass is 16.4. The van der Waals surface area contributed by atoms with Gasteiger partial charge in [0.15, 0.2) is 5.69 Å². The van der Waals surface area contributed by atoms with Gasteiger partial charge in [-0.3, -0.25) is 9.69 Å². The van der Waals surface area contributed by atoms with Crippen molar-refractivity contribution in [2.45, 2.75) is 25.4 Å². The molecule has 1 amide bonds. The lowest BCUT2D eigenvalue weighted by Crippen LogP contribution is -2.50. The number of carboxylic acid groups (broad SMARTS) is 1.